The summed E-state index contributed by atoms with van der Waals surface area (Å²) in [4.78, 5) is 18.9. The minimum Gasteiger partial charge on any atom is -0.358 e. The van der Waals surface area contributed by atoms with Crippen LogP contribution >= 0.6 is 0 Å². The summed E-state index contributed by atoms with van der Waals surface area (Å²) in [5, 5.41) is 1.14. The topological polar surface area (TPSA) is 73.5 Å². The maximum Gasteiger partial charge on any atom is 0.241 e. The molecule has 3 heterocycles. The van der Waals surface area contributed by atoms with E-state index in [0.717, 1.165) is 34.0 Å². The number of hydrogen-bond donors (Lipinski definition) is 1. The summed E-state index contributed by atoms with van der Waals surface area (Å²) < 4.78 is 27.1. The van der Waals surface area contributed by atoms with E-state index in [1.807, 2.05) is 47.4 Å². The average Bonchev–Trinajstić information content (AvgIpc) is 3.15. The lowest BCUT2D eigenvalue weighted by molar-refractivity contribution is -0.136. The van der Waals surface area contributed by atoms with Crippen molar-refractivity contribution >= 4 is 26.8 Å². The molecule has 0 saturated heterocycles. The fourth-order valence-corrected chi connectivity index (χ4v) is 5.95. The first-order valence-electron chi connectivity index (χ1n) is 10.4. The molecule has 0 aliphatic carbocycles. The summed E-state index contributed by atoms with van der Waals surface area (Å²) in [6.45, 7) is 3.00. The van der Waals surface area contributed by atoms with Gasteiger partial charge in [0.15, 0.2) is 0 Å². The van der Waals surface area contributed by atoms with Crippen LogP contribution in [0.5, 0.6) is 0 Å². The van der Waals surface area contributed by atoms with Gasteiger partial charge in [0.1, 0.15) is 6.04 Å². The molecule has 1 atom stereocenters. The highest BCUT2D eigenvalue weighted by Gasteiger charge is 2.40. The first kappa shape index (κ1) is 19.3. The van der Waals surface area contributed by atoms with Gasteiger partial charge in [-0.3, -0.25) is 4.79 Å². The molecule has 1 unspecified atom stereocenters. The number of aromatic nitrogens is 1. The van der Waals surface area contributed by atoms with Crippen LogP contribution in [0.4, 0.5) is 0 Å². The molecule has 1 amide bonds. The predicted octanol–water partition coefficient (Wildman–Crippen LogP) is 2.83. The van der Waals surface area contributed by atoms with E-state index >= 15 is 0 Å². The maximum absolute atomic E-state index is 13.6. The van der Waals surface area contributed by atoms with Gasteiger partial charge in [-0.1, -0.05) is 42.5 Å². The maximum atomic E-state index is 13.6. The van der Waals surface area contributed by atoms with Gasteiger partial charge in [0.25, 0.3) is 0 Å². The highest BCUT2D eigenvalue weighted by molar-refractivity contribution is 7.89. The number of nitrogens with one attached hydrogen (secondary N) is 1. The molecule has 0 saturated carbocycles. The Kier molecular flexibility index (Phi) is 4.67. The Morgan fingerprint density at radius 3 is 2.60 bits per heavy atom. The molecule has 0 fully saturated rings. The molecule has 3 aromatic rings. The van der Waals surface area contributed by atoms with Crippen LogP contribution in [0.15, 0.2) is 48.5 Å². The van der Waals surface area contributed by atoms with Crippen LogP contribution in [0, 0.1) is 0 Å². The Morgan fingerprint density at radius 2 is 1.80 bits per heavy atom. The number of rotatable bonds is 3. The van der Waals surface area contributed by atoms with E-state index in [-0.39, 0.29) is 18.2 Å². The van der Waals surface area contributed by atoms with Crippen LogP contribution in [0.1, 0.15) is 29.3 Å². The third-order valence-corrected chi connectivity index (χ3v) is 8.23. The molecule has 1 aromatic heterocycles. The Morgan fingerprint density at radius 1 is 1.07 bits per heavy atom. The summed E-state index contributed by atoms with van der Waals surface area (Å²) in [5.41, 5.74) is 5.44. The van der Waals surface area contributed by atoms with Crippen LogP contribution in [0.2, 0.25) is 0 Å². The fraction of sp³-hybridized carbons (Fsp3) is 0.348. The molecule has 0 radical (unpaired) electrons. The molecule has 2 aliphatic rings. The van der Waals surface area contributed by atoms with Gasteiger partial charge in [-0.25, -0.2) is 8.42 Å². The Balaban J connectivity index is 1.48. The van der Waals surface area contributed by atoms with E-state index in [0.29, 0.717) is 19.5 Å². The normalized spacial score (nSPS) is 19.5. The summed E-state index contributed by atoms with van der Waals surface area (Å²) in [6.07, 6.45) is 1.17. The van der Waals surface area contributed by atoms with Crippen molar-refractivity contribution in [3.05, 3.63) is 70.9 Å². The van der Waals surface area contributed by atoms with E-state index in [1.165, 1.54) is 10.00 Å². The SMILES string of the molecule is CCS(=O)(=O)N1Cc2ccccc2CC1C(=O)N1CCc2[nH]c3ccccc3c2C1. The molecule has 7 heteroatoms. The van der Waals surface area contributed by atoms with Crippen molar-refractivity contribution in [2.75, 3.05) is 12.3 Å². The number of nitrogens with zero attached hydrogens (tertiary/aromatic N) is 2. The number of H-pyrrole nitrogens is 1. The van der Waals surface area contributed by atoms with Crippen LogP contribution in [-0.2, 0) is 40.7 Å². The minimum absolute atomic E-state index is 0.00839. The number of carbonyl (C=O) groups is 1. The number of amides is 1. The van der Waals surface area contributed by atoms with E-state index in [9.17, 15) is 13.2 Å². The molecule has 2 aromatic carbocycles. The lowest BCUT2D eigenvalue weighted by Gasteiger charge is -2.38. The monoisotopic (exact) mass is 423 g/mol. The predicted molar refractivity (Wildman–Crippen MR) is 116 cm³/mol. The fourth-order valence-electron chi connectivity index (χ4n) is 4.73. The van der Waals surface area contributed by atoms with Gasteiger partial charge in [-0.2, -0.15) is 4.31 Å². The van der Waals surface area contributed by atoms with Crippen LogP contribution in [0.25, 0.3) is 10.9 Å². The van der Waals surface area contributed by atoms with Gasteiger partial charge in [0, 0.05) is 48.2 Å². The lowest BCUT2D eigenvalue weighted by atomic mass is 9.94. The largest absolute Gasteiger partial charge is 0.358 e. The minimum atomic E-state index is -3.50. The van der Waals surface area contributed by atoms with Gasteiger partial charge in [-0.05, 0) is 30.5 Å². The van der Waals surface area contributed by atoms with Crippen LogP contribution in [0.3, 0.4) is 0 Å². The molecule has 6 nitrogen and oxygen atoms in total. The average molecular weight is 424 g/mol. The van der Waals surface area contributed by atoms with E-state index in [2.05, 4.69) is 11.1 Å². The number of sulfonamides is 1. The first-order valence-corrected chi connectivity index (χ1v) is 12.0. The molecule has 1 N–H and O–H groups in total. The van der Waals surface area contributed by atoms with Crippen molar-refractivity contribution < 1.29 is 13.2 Å². The number of para-hydroxylation sites is 1. The first-order chi connectivity index (χ1) is 14.5. The number of hydrogen-bond acceptors (Lipinski definition) is 3. The second-order valence-corrected chi connectivity index (χ2v) is 10.3. The van der Waals surface area contributed by atoms with E-state index in [1.54, 1.807) is 6.92 Å². The van der Waals surface area contributed by atoms with E-state index in [4.69, 9.17) is 0 Å². The lowest BCUT2D eigenvalue weighted by Crippen LogP contribution is -2.54. The third kappa shape index (κ3) is 3.13. The zero-order valence-corrected chi connectivity index (χ0v) is 17.8. The van der Waals surface area contributed by atoms with Crippen LogP contribution in [-0.4, -0.2) is 46.9 Å². The summed E-state index contributed by atoms with van der Waals surface area (Å²) in [6, 6.07) is 15.3. The van der Waals surface area contributed by atoms with Crippen molar-refractivity contribution in [1.29, 1.82) is 0 Å². The standard InChI is InChI=1S/C23H25N3O3S/c1-2-30(28,29)26-14-17-8-4-3-7-16(17)13-22(26)23(27)25-12-11-21-19(15-25)18-9-5-6-10-20(18)24-21/h3-10,22,24H,2,11-15H2,1H3. The molecule has 5 rings (SSSR count). The Labute approximate surface area is 176 Å². The van der Waals surface area contributed by atoms with Gasteiger partial charge < -0.3 is 9.88 Å². The van der Waals surface area contributed by atoms with Crippen molar-refractivity contribution in [3.8, 4) is 0 Å². The molecular formula is C23H25N3O3S. The number of fused-ring (bicyclic) bond motifs is 4. The smallest absolute Gasteiger partial charge is 0.241 e. The van der Waals surface area contributed by atoms with Gasteiger partial charge >= 0.3 is 0 Å². The Hall–Kier alpha value is -2.64. The summed E-state index contributed by atoms with van der Waals surface area (Å²) >= 11 is 0. The number of aromatic amines is 1. The molecular weight excluding hydrogens is 398 g/mol. The van der Waals surface area contributed by atoms with E-state index < -0.39 is 16.1 Å². The zero-order valence-electron chi connectivity index (χ0n) is 17.0. The zero-order chi connectivity index (χ0) is 20.9. The second kappa shape index (κ2) is 7.25. The quantitative estimate of drug-likeness (QED) is 0.704. The number of carbonyl (C=O) groups excluding carboxylic acids is 1. The number of benzene rings is 2. The Bertz CT molecular complexity index is 1230. The van der Waals surface area contributed by atoms with Crippen molar-refractivity contribution in [2.24, 2.45) is 0 Å². The molecule has 2 aliphatic heterocycles. The van der Waals surface area contributed by atoms with Crippen molar-refractivity contribution in [2.45, 2.75) is 38.9 Å². The molecule has 0 bridgehead atoms. The van der Waals surface area contributed by atoms with Gasteiger partial charge in [-0.15, -0.1) is 0 Å². The highest BCUT2D eigenvalue weighted by atomic mass is 32.2. The van der Waals surface area contributed by atoms with Crippen molar-refractivity contribution in [3.63, 3.8) is 0 Å². The highest BCUT2D eigenvalue weighted by Crippen LogP contribution is 2.31. The summed E-state index contributed by atoms with van der Waals surface area (Å²) in [7, 11) is -3.50. The summed E-state index contributed by atoms with van der Waals surface area (Å²) in [5.74, 6) is -0.108. The molecule has 30 heavy (non-hydrogen) atoms. The van der Waals surface area contributed by atoms with Gasteiger partial charge in [0.2, 0.25) is 15.9 Å². The van der Waals surface area contributed by atoms with Gasteiger partial charge in [0.05, 0.1) is 5.75 Å². The second-order valence-electron chi connectivity index (χ2n) is 8.07. The molecule has 0 spiro atoms. The van der Waals surface area contributed by atoms with Crippen molar-refractivity contribution in [1.82, 2.24) is 14.2 Å². The third-order valence-electron chi connectivity index (χ3n) is 6.41. The molecule has 156 valence electrons. The van der Waals surface area contributed by atoms with Crippen LogP contribution < -0.4 is 0 Å².